The summed E-state index contributed by atoms with van der Waals surface area (Å²) in [6.45, 7) is 3.68. The van der Waals surface area contributed by atoms with Crippen molar-refractivity contribution in [2.45, 2.75) is 26.7 Å². The molecule has 0 unspecified atom stereocenters. The van der Waals surface area contributed by atoms with E-state index in [9.17, 15) is 14.0 Å². The lowest BCUT2D eigenvalue weighted by molar-refractivity contribution is -0.116. The third-order valence-corrected chi connectivity index (χ3v) is 6.31. The van der Waals surface area contributed by atoms with Gasteiger partial charge < -0.3 is 5.32 Å². The average molecular weight is 471 g/mol. The Hall–Kier alpha value is -3.23. The molecule has 2 aromatic carbocycles. The lowest BCUT2D eigenvalue weighted by Gasteiger charge is -2.06. The van der Waals surface area contributed by atoms with Crippen LogP contribution in [0.25, 0.3) is 16.4 Å². The summed E-state index contributed by atoms with van der Waals surface area (Å²) in [7, 11) is 0. The van der Waals surface area contributed by atoms with Crippen molar-refractivity contribution in [1.29, 1.82) is 0 Å². The first-order valence-corrected chi connectivity index (χ1v) is 11.2. The smallest absolute Gasteiger partial charge is 0.276 e. The van der Waals surface area contributed by atoms with Crippen molar-refractivity contribution in [2.75, 3.05) is 5.32 Å². The van der Waals surface area contributed by atoms with Crippen molar-refractivity contribution in [3.63, 3.8) is 0 Å². The minimum Gasteiger partial charge on any atom is -0.326 e. The first kappa shape index (κ1) is 22.0. The molecule has 4 aromatic rings. The highest BCUT2D eigenvalue weighted by molar-refractivity contribution is 7.12. The van der Waals surface area contributed by atoms with Crippen LogP contribution < -0.4 is 10.9 Å². The Morgan fingerprint density at radius 1 is 1.22 bits per heavy atom. The van der Waals surface area contributed by atoms with E-state index in [1.54, 1.807) is 31.2 Å². The number of nitrogens with zero attached hydrogens (tertiary/aromatic N) is 2. The molecule has 0 aliphatic carbocycles. The van der Waals surface area contributed by atoms with E-state index in [1.165, 1.54) is 28.2 Å². The summed E-state index contributed by atoms with van der Waals surface area (Å²) in [6, 6.07) is 11.3. The van der Waals surface area contributed by atoms with Gasteiger partial charge in [-0.05, 0) is 62.2 Å². The average Bonchev–Trinajstić information content (AvgIpc) is 3.35. The summed E-state index contributed by atoms with van der Waals surface area (Å²) in [5.74, 6) is -0.524. The van der Waals surface area contributed by atoms with E-state index >= 15 is 0 Å². The SMILES string of the molecule is Cc1ccc(NC(=O)CCc2c(C)[nH]n(-c3nc(-c4ccc(F)cc4)cs3)c2=O)cc1Cl. The van der Waals surface area contributed by atoms with Crippen molar-refractivity contribution < 1.29 is 9.18 Å². The summed E-state index contributed by atoms with van der Waals surface area (Å²) in [5.41, 5.74) is 3.93. The monoisotopic (exact) mass is 470 g/mol. The van der Waals surface area contributed by atoms with Crippen LogP contribution in [0.15, 0.2) is 52.6 Å². The van der Waals surface area contributed by atoms with Crippen LogP contribution in [0.5, 0.6) is 0 Å². The van der Waals surface area contributed by atoms with E-state index in [0.29, 0.717) is 32.8 Å². The largest absolute Gasteiger partial charge is 0.326 e. The van der Waals surface area contributed by atoms with E-state index in [1.807, 2.05) is 18.4 Å². The minimum absolute atomic E-state index is 0.151. The molecule has 0 saturated carbocycles. The molecular weight excluding hydrogens is 451 g/mol. The van der Waals surface area contributed by atoms with Gasteiger partial charge in [0, 0.05) is 39.3 Å². The maximum absolute atomic E-state index is 13.2. The summed E-state index contributed by atoms with van der Waals surface area (Å²) in [5, 5.41) is 8.70. The normalized spacial score (nSPS) is 11.0. The fourth-order valence-electron chi connectivity index (χ4n) is 3.26. The Labute approximate surface area is 192 Å². The van der Waals surface area contributed by atoms with Gasteiger partial charge in [-0.2, -0.15) is 4.68 Å². The number of rotatable bonds is 6. The minimum atomic E-state index is -0.320. The third kappa shape index (κ3) is 4.66. The standard InChI is InChI=1S/C23H20ClFN4O2S/c1-13-3-8-17(11-19(13)24)26-21(30)10-9-18-14(2)28-29(22(18)31)23-27-20(12-32-23)15-4-6-16(25)7-5-15/h3-8,11-12,28H,9-10H2,1-2H3,(H,26,30). The first-order valence-electron chi connectivity index (χ1n) is 9.90. The van der Waals surface area contributed by atoms with E-state index in [0.717, 1.165) is 11.1 Å². The molecule has 2 heterocycles. The molecule has 32 heavy (non-hydrogen) atoms. The number of carbonyl (C=O) groups is 1. The van der Waals surface area contributed by atoms with E-state index in [2.05, 4.69) is 15.4 Å². The van der Waals surface area contributed by atoms with Crippen LogP contribution in [0.2, 0.25) is 5.02 Å². The van der Waals surface area contributed by atoms with Crippen molar-refractivity contribution in [1.82, 2.24) is 14.8 Å². The quantitative estimate of drug-likeness (QED) is 0.403. The number of aryl methyl sites for hydroxylation is 2. The van der Waals surface area contributed by atoms with Crippen molar-refractivity contribution in [3.05, 3.63) is 85.9 Å². The zero-order valence-electron chi connectivity index (χ0n) is 17.4. The van der Waals surface area contributed by atoms with Crippen LogP contribution in [0, 0.1) is 19.7 Å². The number of aromatic amines is 1. The molecule has 1 amide bonds. The molecule has 0 bridgehead atoms. The van der Waals surface area contributed by atoms with Gasteiger partial charge in [-0.1, -0.05) is 17.7 Å². The summed E-state index contributed by atoms with van der Waals surface area (Å²) in [4.78, 5) is 29.8. The molecule has 2 aromatic heterocycles. The highest BCUT2D eigenvalue weighted by atomic mass is 35.5. The summed E-state index contributed by atoms with van der Waals surface area (Å²) in [6.07, 6.45) is 0.438. The molecule has 9 heteroatoms. The van der Waals surface area contributed by atoms with Gasteiger partial charge in [0.25, 0.3) is 5.56 Å². The molecule has 164 valence electrons. The Bertz CT molecular complexity index is 1340. The number of H-pyrrole nitrogens is 1. The Morgan fingerprint density at radius 2 is 1.97 bits per heavy atom. The molecule has 0 aliphatic heterocycles. The zero-order chi connectivity index (χ0) is 22.8. The van der Waals surface area contributed by atoms with E-state index < -0.39 is 0 Å². The summed E-state index contributed by atoms with van der Waals surface area (Å²) < 4.78 is 14.5. The number of hydrogen-bond acceptors (Lipinski definition) is 4. The van der Waals surface area contributed by atoms with Crippen LogP contribution in [0.3, 0.4) is 0 Å². The second kappa shape index (κ2) is 9.10. The number of aromatic nitrogens is 3. The van der Waals surface area contributed by atoms with Gasteiger partial charge in [-0.3, -0.25) is 14.7 Å². The number of hydrogen-bond donors (Lipinski definition) is 2. The second-order valence-electron chi connectivity index (χ2n) is 7.39. The van der Waals surface area contributed by atoms with Crippen LogP contribution >= 0.6 is 22.9 Å². The lowest BCUT2D eigenvalue weighted by atomic mass is 10.1. The van der Waals surface area contributed by atoms with Gasteiger partial charge in [0.1, 0.15) is 5.82 Å². The summed E-state index contributed by atoms with van der Waals surface area (Å²) >= 11 is 7.40. The van der Waals surface area contributed by atoms with Crippen LogP contribution in [0.1, 0.15) is 23.2 Å². The predicted octanol–water partition coefficient (Wildman–Crippen LogP) is 5.27. The topological polar surface area (TPSA) is 79.8 Å². The van der Waals surface area contributed by atoms with Gasteiger partial charge in [0.2, 0.25) is 11.0 Å². The van der Waals surface area contributed by atoms with Gasteiger partial charge in [0.15, 0.2) is 0 Å². The van der Waals surface area contributed by atoms with Crippen molar-refractivity contribution >= 4 is 34.5 Å². The number of benzene rings is 2. The maximum Gasteiger partial charge on any atom is 0.276 e. The van der Waals surface area contributed by atoms with Gasteiger partial charge in [0.05, 0.1) is 5.69 Å². The first-order chi connectivity index (χ1) is 15.3. The molecule has 2 N–H and O–H groups in total. The molecule has 0 saturated heterocycles. The van der Waals surface area contributed by atoms with Crippen LogP contribution in [-0.4, -0.2) is 20.7 Å². The van der Waals surface area contributed by atoms with Crippen LogP contribution in [-0.2, 0) is 11.2 Å². The zero-order valence-corrected chi connectivity index (χ0v) is 19.0. The Morgan fingerprint density at radius 3 is 2.69 bits per heavy atom. The van der Waals surface area contributed by atoms with Gasteiger partial charge in [-0.15, -0.1) is 11.3 Å². The Kier molecular flexibility index (Phi) is 6.25. The number of anilines is 1. The third-order valence-electron chi connectivity index (χ3n) is 5.07. The molecule has 0 atom stereocenters. The van der Waals surface area contributed by atoms with Crippen molar-refractivity contribution in [2.24, 2.45) is 0 Å². The van der Waals surface area contributed by atoms with Crippen molar-refractivity contribution in [3.8, 4) is 16.4 Å². The fourth-order valence-corrected chi connectivity index (χ4v) is 4.23. The number of halogens is 2. The molecule has 0 fully saturated rings. The number of nitrogens with one attached hydrogen (secondary N) is 2. The molecule has 6 nitrogen and oxygen atoms in total. The highest BCUT2D eigenvalue weighted by Gasteiger charge is 2.16. The predicted molar refractivity (Wildman–Crippen MR) is 125 cm³/mol. The van der Waals surface area contributed by atoms with E-state index in [-0.39, 0.29) is 30.1 Å². The van der Waals surface area contributed by atoms with Gasteiger partial charge in [-0.25, -0.2) is 9.37 Å². The second-order valence-corrected chi connectivity index (χ2v) is 8.63. The van der Waals surface area contributed by atoms with Gasteiger partial charge >= 0.3 is 0 Å². The Balaban J connectivity index is 1.47. The van der Waals surface area contributed by atoms with Crippen LogP contribution in [0.4, 0.5) is 10.1 Å². The highest BCUT2D eigenvalue weighted by Crippen LogP contribution is 2.24. The number of carbonyl (C=O) groups excluding carboxylic acids is 1. The van der Waals surface area contributed by atoms with E-state index in [4.69, 9.17) is 11.6 Å². The maximum atomic E-state index is 13.2. The molecule has 0 spiro atoms. The number of thiazole rings is 1. The molecular formula is C23H20ClFN4O2S. The molecule has 0 aliphatic rings. The number of amides is 1. The fraction of sp³-hybridized carbons (Fsp3) is 0.174. The lowest BCUT2D eigenvalue weighted by Crippen LogP contribution is -2.19. The molecule has 4 rings (SSSR count). The molecule has 0 radical (unpaired) electrons.